The minimum atomic E-state index is 0.508. The number of anilines is 2. The van der Waals surface area contributed by atoms with Gasteiger partial charge >= 0.3 is 0 Å². The van der Waals surface area contributed by atoms with Gasteiger partial charge in [0.2, 0.25) is 0 Å². The molecule has 4 nitrogen and oxygen atoms in total. The topological polar surface area (TPSA) is 64.1 Å². The molecule has 0 atom stereocenters. The molecule has 3 N–H and O–H groups in total. The number of fused-ring (bicyclic) bond motifs is 1. The molecule has 1 aliphatic rings. The number of aromatic nitrogens is 1. The number of oxazole rings is 1. The monoisotopic (exact) mass is 231 g/mol. The van der Waals surface area contributed by atoms with Gasteiger partial charge in [0.25, 0.3) is 6.01 Å². The number of nitrogens with one attached hydrogen (secondary N) is 1. The summed E-state index contributed by atoms with van der Waals surface area (Å²) in [6.45, 7) is 0. The van der Waals surface area contributed by atoms with Crippen LogP contribution in [0.5, 0.6) is 0 Å². The molecular formula is C13H17N3O. The zero-order valence-corrected chi connectivity index (χ0v) is 9.78. The fourth-order valence-electron chi connectivity index (χ4n) is 2.42. The molecule has 1 aromatic carbocycles. The zero-order valence-electron chi connectivity index (χ0n) is 9.78. The lowest BCUT2D eigenvalue weighted by atomic mass is 9.96. The first kappa shape index (κ1) is 10.4. The van der Waals surface area contributed by atoms with Crippen LogP contribution in [0.4, 0.5) is 11.7 Å². The van der Waals surface area contributed by atoms with Crippen molar-refractivity contribution in [3.05, 3.63) is 18.2 Å². The predicted octanol–water partition coefficient (Wildman–Crippen LogP) is 3.15. The number of nitrogens with zero attached hydrogens (tertiary/aromatic N) is 1. The molecule has 1 heterocycles. The Bertz CT molecular complexity index is 514. The van der Waals surface area contributed by atoms with E-state index in [2.05, 4.69) is 10.3 Å². The molecule has 4 heteroatoms. The van der Waals surface area contributed by atoms with E-state index in [0.29, 0.717) is 17.7 Å². The van der Waals surface area contributed by atoms with E-state index in [4.69, 9.17) is 10.2 Å². The van der Waals surface area contributed by atoms with E-state index in [-0.39, 0.29) is 0 Å². The van der Waals surface area contributed by atoms with Gasteiger partial charge < -0.3 is 15.5 Å². The van der Waals surface area contributed by atoms with Gasteiger partial charge in [-0.05, 0) is 25.0 Å². The first-order valence-electron chi connectivity index (χ1n) is 6.24. The number of rotatable bonds is 2. The van der Waals surface area contributed by atoms with E-state index in [0.717, 1.165) is 11.1 Å². The largest absolute Gasteiger partial charge is 0.423 e. The van der Waals surface area contributed by atoms with Gasteiger partial charge in [-0.2, -0.15) is 4.98 Å². The maximum atomic E-state index is 5.71. The van der Waals surface area contributed by atoms with Crippen molar-refractivity contribution < 1.29 is 4.42 Å². The Morgan fingerprint density at radius 2 is 2.06 bits per heavy atom. The van der Waals surface area contributed by atoms with Crippen LogP contribution in [0, 0.1) is 0 Å². The van der Waals surface area contributed by atoms with Gasteiger partial charge in [0.05, 0.1) is 0 Å². The van der Waals surface area contributed by atoms with Crippen LogP contribution < -0.4 is 11.1 Å². The van der Waals surface area contributed by atoms with Crippen LogP contribution >= 0.6 is 0 Å². The summed E-state index contributed by atoms with van der Waals surface area (Å²) < 4.78 is 5.65. The molecule has 1 saturated carbocycles. The van der Waals surface area contributed by atoms with Crippen molar-refractivity contribution in [3.8, 4) is 0 Å². The summed E-state index contributed by atoms with van der Waals surface area (Å²) >= 11 is 0. The zero-order chi connectivity index (χ0) is 11.7. The summed E-state index contributed by atoms with van der Waals surface area (Å²) in [4.78, 5) is 4.41. The van der Waals surface area contributed by atoms with Crippen LogP contribution in [0.1, 0.15) is 32.1 Å². The van der Waals surface area contributed by atoms with Crippen LogP contribution in [-0.2, 0) is 0 Å². The van der Waals surface area contributed by atoms with Gasteiger partial charge in [-0.1, -0.05) is 19.3 Å². The van der Waals surface area contributed by atoms with Gasteiger partial charge in [0, 0.05) is 17.8 Å². The summed E-state index contributed by atoms with van der Waals surface area (Å²) in [5.74, 6) is 0. The van der Waals surface area contributed by atoms with E-state index in [1.165, 1.54) is 32.1 Å². The minimum absolute atomic E-state index is 0.508. The highest BCUT2D eigenvalue weighted by Gasteiger charge is 2.15. The van der Waals surface area contributed by atoms with E-state index in [1.807, 2.05) is 18.2 Å². The Hall–Kier alpha value is -1.71. The third kappa shape index (κ3) is 2.20. The van der Waals surface area contributed by atoms with Gasteiger partial charge in [0.15, 0.2) is 5.58 Å². The quantitative estimate of drug-likeness (QED) is 0.779. The van der Waals surface area contributed by atoms with Crippen molar-refractivity contribution >= 4 is 22.8 Å². The Morgan fingerprint density at radius 1 is 1.24 bits per heavy atom. The minimum Gasteiger partial charge on any atom is -0.423 e. The molecule has 1 aliphatic carbocycles. The second-order valence-corrected chi connectivity index (χ2v) is 4.73. The van der Waals surface area contributed by atoms with Crippen LogP contribution in [0.3, 0.4) is 0 Å². The van der Waals surface area contributed by atoms with Crippen molar-refractivity contribution in [3.63, 3.8) is 0 Å². The Labute approximate surface area is 100 Å². The summed E-state index contributed by atoms with van der Waals surface area (Å²) in [5, 5.41) is 3.37. The molecule has 0 spiro atoms. The van der Waals surface area contributed by atoms with Crippen molar-refractivity contribution in [2.75, 3.05) is 11.1 Å². The molecule has 90 valence electrons. The molecule has 1 fully saturated rings. The van der Waals surface area contributed by atoms with E-state index in [1.54, 1.807) is 0 Å². The number of nitrogen functional groups attached to an aromatic ring is 1. The van der Waals surface area contributed by atoms with Crippen LogP contribution in [0.2, 0.25) is 0 Å². The third-order valence-corrected chi connectivity index (χ3v) is 3.35. The molecule has 0 amide bonds. The first-order chi connectivity index (χ1) is 8.31. The van der Waals surface area contributed by atoms with Crippen molar-refractivity contribution in [1.29, 1.82) is 0 Å². The lowest BCUT2D eigenvalue weighted by molar-refractivity contribution is 0.451. The average Bonchev–Trinajstić information content (AvgIpc) is 2.71. The second kappa shape index (κ2) is 4.28. The molecule has 0 bridgehead atoms. The molecule has 2 aromatic rings. The van der Waals surface area contributed by atoms with Gasteiger partial charge in [-0.25, -0.2) is 0 Å². The Balaban J connectivity index is 1.80. The predicted molar refractivity (Wildman–Crippen MR) is 68.9 cm³/mol. The number of nitrogens with two attached hydrogens (primary N) is 1. The fourth-order valence-corrected chi connectivity index (χ4v) is 2.42. The lowest BCUT2D eigenvalue weighted by Crippen LogP contribution is -2.22. The Kier molecular flexibility index (Phi) is 2.63. The molecule has 17 heavy (non-hydrogen) atoms. The fraction of sp³-hybridized carbons (Fsp3) is 0.462. The molecule has 0 saturated heterocycles. The normalized spacial score (nSPS) is 17.4. The highest BCUT2D eigenvalue weighted by molar-refractivity contribution is 5.78. The van der Waals surface area contributed by atoms with Crippen LogP contribution in [0.15, 0.2) is 22.6 Å². The maximum absolute atomic E-state index is 5.71. The van der Waals surface area contributed by atoms with Crippen molar-refractivity contribution in [1.82, 2.24) is 4.98 Å². The van der Waals surface area contributed by atoms with E-state index >= 15 is 0 Å². The second-order valence-electron chi connectivity index (χ2n) is 4.73. The van der Waals surface area contributed by atoms with Gasteiger partial charge in [-0.3, -0.25) is 0 Å². The molecule has 3 rings (SSSR count). The average molecular weight is 231 g/mol. The number of hydrogen-bond donors (Lipinski definition) is 2. The summed E-state index contributed by atoms with van der Waals surface area (Å²) in [5.41, 5.74) is 8.03. The first-order valence-corrected chi connectivity index (χ1v) is 6.24. The third-order valence-electron chi connectivity index (χ3n) is 3.35. The van der Waals surface area contributed by atoms with Gasteiger partial charge in [0.1, 0.15) is 5.52 Å². The number of hydrogen-bond acceptors (Lipinski definition) is 4. The van der Waals surface area contributed by atoms with Gasteiger partial charge in [-0.15, -0.1) is 0 Å². The van der Waals surface area contributed by atoms with Crippen LogP contribution in [0.25, 0.3) is 11.1 Å². The summed E-state index contributed by atoms with van der Waals surface area (Å²) in [7, 11) is 0. The highest BCUT2D eigenvalue weighted by atomic mass is 16.4. The SMILES string of the molecule is Nc1ccc2nc(NC3CCCCC3)oc2c1. The molecule has 0 radical (unpaired) electrons. The van der Waals surface area contributed by atoms with E-state index in [9.17, 15) is 0 Å². The molecule has 0 aliphatic heterocycles. The standard InChI is InChI=1S/C13H17N3O/c14-9-6-7-11-12(8-9)17-13(16-11)15-10-4-2-1-3-5-10/h6-8,10H,1-5,14H2,(H,15,16). The number of benzene rings is 1. The van der Waals surface area contributed by atoms with Crippen molar-refractivity contribution in [2.45, 2.75) is 38.1 Å². The van der Waals surface area contributed by atoms with Crippen molar-refractivity contribution in [2.24, 2.45) is 0 Å². The summed E-state index contributed by atoms with van der Waals surface area (Å²) in [6, 6.07) is 6.68. The lowest BCUT2D eigenvalue weighted by Gasteiger charge is -2.21. The Morgan fingerprint density at radius 3 is 2.88 bits per heavy atom. The molecule has 1 aromatic heterocycles. The van der Waals surface area contributed by atoms with Crippen LogP contribution in [-0.4, -0.2) is 11.0 Å². The molecule has 0 unspecified atom stereocenters. The maximum Gasteiger partial charge on any atom is 0.295 e. The molecular weight excluding hydrogens is 214 g/mol. The van der Waals surface area contributed by atoms with E-state index < -0.39 is 0 Å². The summed E-state index contributed by atoms with van der Waals surface area (Å²) in [6.07, 6.45) is 6.36. The highest BCUT2D eigenvalue weighted by Crippen LogP contribution is 2.25. The smallest absolute Gasteiger partial charge is 0.295 e.